The molecule has 14 heavy (non-hydrogen) atoms. The first-order valence-corrected chi connectivity index (χ1v) is 4.99. The fraction of sp³-hybridized carbons (Fsp3) is 0.111. The van der Waals surface area contributed by atoms with E-state index in [4.69, 9.17) is 0 Å². The van der Waals surface area contributed by atoms with Gasteiger partial charge in [-0.2, -0.15) is 0 Å². The van der Waals surface area contributed by atoms with Crippen molar-refractivity contribution in [1.82, 2.24) is 9.55 Å². The Morgan fingerprint density at radius 1 is 1.50 bits per heavy atom. The summed E-state index contributed by atoms with van der Waals surface area (Å²) in [6.07, 6.45) is 1.23. The molecule has 0 aliphatic heterocycles. The third-order valence-corrected chi connectivity index (χ3v) is 3.05. The quantitative estimate of drug-likeness (QED) is 0.694. The number of halogens is 2. The first-order valence-electron chi connectivity index (χ1n) is 3.91. The van der Waals surface area contributed by atoms with Crippen LogP contribution < -0.4 is 5.56 Å². The second-order valence-electron chi connectivity index (χ2n) is 2.88. The van der Waals surface area contributed by atoms with Crippen LogP contribution in [-0.4, -0.2) is 9.55 Å². The van der Waals surface area contributed by atoms with E-state index >= 15 is 0 Å². The molecule has 0 fully saturated rings. The Morgan fingerprint density at radius 3 is 2.93 bits per heavy atom. The molecule has 1 heterocycles. The van der Waals surface area contributed by atoms with E-state index in [1.54, 1.807) is 13.1 Å². The Labute approximate surface area is 92.7 Å². The maximum Gasteiger partial charge on any atom is 0.269 e. The molecule has 0 spiro atoms. The normalized spacial score (nSPS) is 10.8. The second-order valence-corrected chi connectivity index (χ2v) is 3.96. The summed E-state index contributed by atoms with van der Waals surface area (Å²) >= 11 is 1.87. The van der Waals surface area contributed by atoms with Crippen molar-refractivity contribution in [3.63, 3.8) is 0 Å². The molecule has 0 bridgehead atoms. The highest BCUT2D eigenvalue weighted by Crippen LogP contribution is 2.19. The van der Waals surface area contributed by atoms with Crippen molar-refractivity contribution in [2.45, 2.75) is 0 Å². The largest absolute Gasteiger partial charge is 0.308 e. The van der Waals surface area contributed by atoms with Crippen LogP contribution in [0.15, 0.2) is 23.1 Å². The lowest BCUT2D eigenvalue weighted by Crippen LogP contribution is -2.17. The van der Waals surface area contributed by atoms with Gasteiger partial charge in [0.1, 0.15) is 5.82 Å². The van der Waals surface area contributed by atoms with Crippen molar-refractivity contribution in [3.8, 4) is 0 Å². The number of nitrogens with zero attached hydrogens (tertiary/aromatic N) is 2. The Hall–Kier alpha value is -0.980. The van der Waals surface area contributed by atoms with Gasteiger partial charge in [-0.25, -0.2) is 9.37 Å². The van der Waals surface area contributed by atoms with Gasteiger partial charge in [0.2, 0.25) is 0 Å². The summed E-state index contributed by atoms with van der Waals surface area (Å²) < 4.78 is 15.0. The molecule has 0 radical (unpaired) electrons. The van der Waals surface area contributed by atoms with E-state index in [0.717, 1.165) is 0 Å². The third-order valence-electron chi connectivity index (χ3n) is 2.03. The zero-order valence-electron chi connectivity index (χ0n) is 7.29. The number of aryl methyl sites for hydroxylation is 1. The van der Waals surface area contributed by atoms with E-state index in [1.165, 1.54) is 16.8 Å². The molecule has 0 aliphatic carbocycles. The number of fused-ring (bicyclic) bond motifs is 1. The summed E-state index contributed by atoms with van der Waals surface area (Å²) in [5.74, 6) is -0.332. The van der Waals surface area contributed by atoms with Crippen LogP contribution in [-0.2, 0) is 7.05 Å². The van der Waals surface area contributed by atoms with E-state index in [-0.39, 0.29) is 11.4 Å². The molecule has 5 heteroatoms. The van der Waals surface area contributed by atoms with Gasteiger partial charge < -0.3 is 4.57 Å². The van der Waals surface area contributed by atoms with Gasteiger partial charge in [0.15, 0.2) is 0 Å². The van der Waals surface area contributed by atoms with Gasteiger partial charge in [-0.3, -0.25) is 4.79 Å². The van der Waals surface area contributed by atoms with Crippen LogP contribution in [0.5, 0.6) is 0 Å². The molecule has 0 aliphatic rings. The molecule has 2 rings (SSSR count). The molecule has 1 aromatic carbocycles. The van der Waals surface area contributed by atoms with Gasteiger partial charge in [-0.1, -0.05) is 0 Å². The van der Waals surface area contributed by atoms with Crippen LogP contribution in [0, 0.1) is 9.39 Å². The van der Waals surface area contributed by atoms with Crippen molar-refractivity contribution in [2.75, 3.05) is 0 Å². The standard InChI is InChI=1S/C9H6FIN2O/c1-13-7(14)4-12-6-3-2-5(10)8(11)9(6)13/h2-4H,1H3. The maximum atomic E-state index is 13.2. The predicted octanol–water partition coefficient (Wildman–Crippen LogP) is 1.68. The molecule has 0 saturated heterocycles. The summed E-state index contributed by atoms with van der Waals surface area (Å²) in [6, 6.07) is 2.91. The minimum absolute atomic E-state index is 0.235. The zero-order chi connectivity index (χ0) is 10.3. The highest BCUT2D eigenvalue weighted by molar-refractivity contribution is 14.1. The summed E-state index contributed by atoms with van der Waals surface area (Å²) in [5.41, 5.74) is 0.928. The molecular weight excluding hydrogens is 298 g/mol. The average Bonchev–Trinajstić information content (AvgIpc) is 2.17. The highest BCUT2D eigenvalue weighted by Gasteiger charge is 2.08. The van der Waals surface area contributed by atoms with Crippen molar-refractivity contribution >= 4 is 33.6 Å². The number of hydrogen-bond donors (Lipinski definition) is 0. The van der Waals surface area contributed by atoms with Crippen molar-refractivity contribution in [1.29, 1.82) is 0 Å². The monoisotopic (exact) mass is 304 g/mol. The van der Waals surface area contributed by atoms with E-state index in [9.17, 15) is 9.18 Å². The topological polar surface area (TPSA) is 34.9 Å². The molecule has 0 saturated carbocycles. The molecule has 1 aromatic heterocycles. The molecule has 3 nitrogen and oxygen atoms in total. The van der Waals surface area contributed by atoms with Gasteiger partial charge in [0.05, 0.1) is 20.8 Å². The Bertz CT molecular complexity index is 564. The van der Waals surface area contributed by atoms with Crippen molar-refractivity contribution < 1.29 is 4.39 Å². The number of benzene rings is 1. The van der Waals surface area contributed by atoms with E-state index < -0.39 is 0 Å². The SMILES string of the molecule is Cn1c(=O)cnc2ccc(F)c(I)c21. The fourth-order valence-electron chi connectivity index (χ4n) is 1.27. The molecule has 0 amide bonds. The van der Waals surface area contributed by atoms with Gasteiger partial charge >= 0.3 is 0 Å². The molecule has 0 unspecified atom stereocenters. The smallest absolute Gasteiger partial charge is 0.269 e. The summed E-state index contributed by atoms with van der Waals surface area (Å²) in [6.45, 7) is 0. The van der Waals surface area contributed by atoms with Crippen LogP contribution in [0.25, 0.3) is 11.0 Å². The molecule has 0 atom stereocenters. The first kappa shape index (κ1) is 9.57. The van der Waals surface area contributed by atoms with Crippen LogP contribution in [0.3, 0.4) is 0 Å². The van der Waals surface area contributed by atoms with E-state index in [0.29, 0.717) is 14.6 Å². The lowest BCUT2D eigenvalue weighted by atomic mass is 10.3. The predicted molar refractivity (Wildman–Crippen MR) is 59.7 cm³/mol. The minimum atomic E-state index is -0.332. The van der Waals surface area contributed by atoms with Crippen molar-refractivity contribution in [3.05, 3.63) is 38.1 Å². The lowest BCUT2D eigenvalue weighted by molar-refractivity contribution is 0.621. The summed E-state index contributed by atoms with van der Waals surface area (Å²) in [5, 5.41) is 0. The van der Waals surface area contributed by atoms with Gasteiger partial charge in [-0.05, 0) is 34.7 Å². The molecule has 2 aromatic rings. The van der Waals surface area contributed by atoms with Crippen LogP contribution in [0.1, 0.15) is 0 Å². The van der Waals surface area contributed by atoms with Gasteiger partial charge in [0, 0.05) is 7.05 Å². The van der Waals surface area contributed by atoms with Gasteiger partial charge in [-0.15, -0.1) is 0 Å². The van der Waals surface area contributed by atoms with Crippen LogP contribution in [0.2, 0.25) is 0 Å². The molecule has 0 N–H and O–H groups in total. The number of aromatic nitrogens is 2. The third kappa shape index (κ3) is 1.31. The highest BCUT2D eigenvalue weighted by atomic mass is 127. The van der Waals surface area contributed by atoms with Gasteiger partial charge in [0.25, 0.3) is 5.56 Å². The fourth-order valence-corrected chi connectivity index (χ4v) is 2.09. The Balaban J connectivity index is 3.06. The summed E-state index contributed by atoms with van der Waals surface area (Å²) in [7, 11) is 1.61. The first-order chi connectivity index (χ1) is 6.61. The Kier molecular flexibility index (Phi) is 2.26. The maximum absolute atomic E-state index is 13.2. The van der Waals surface area contributed by atoms with Crippen LogP contribution >= 0.6 is 22.6 Å². The van der Waals surface area contributed by atoms with E-state index in [1.807, 2.05) is 22.6 Å². The zero-order valence-corrected chi connectivity index (χ0v) is 9.45. The number of hydrogen-bond acceptors (Lipinski definition) is 2. The van der Waals surface area contributed by atoms with E-state index in [2.05, 4.69) is 4.98 Å². The van der Waals surface area contributed by atoms with Crippen LogP contribution in [0.4, 0.5) is 4.39 Å². The Morgan fingerprint density at radius 2 is 2.21 bits per heavy atom. The lowest BCUT2D eigenvalue weighted by Gasteiger charge is -2.05. The molecular formula is C9H6FIN2O. The summed E-state index contributed by atoms with van der Waals surface area (Å²) in [4.78, 5) is 15.2. The van der Waals surface area contributed by atoms with Crippen molar-refractivity contribution in [2.24, 2.45) is 7.05 Å². The number of rotatable bonds is 0. The minimum Gasteiger partial charge on any atom is -0.308 e. The average molecular weight is 304 g/mol. The molecule has 72 valence electrons. The second kappa shape index (κ2) is 3.30.